The highest BCUT2D eigenvalue weighted by Crippen LogP contribution is 2.22. The van der Waals surface area contributed by atoms with E-state index in [1.807, 2.05) is 13.8 Å². The van der Waals surface area contributed by atoms with Crippen LogP contribution >= 0.6 is 0 Å². The van der Waals surface area contributed by atoms with Gasteiger partial charge in [0.05, 0.1) is 11.8 Å². The Morgan fingerprint density at radius 1 is 1.33 bits per heavy atom. The van der Waals surface area contributed by atoms with Gasteiger partial charge in [-0.15, -0.1) is 0 Å². The molecule has 6 nitrogen and oxygen atoms in total. The number of esters is 1. The first-order valence-electron chi connectivity index (χ1n) is 7.42. The summed E-state index contributed by atoms with van der Waals surface area (Å²) in [6.45, 7) is 3.83. The second-order valence-electron chi connectivity index (χ2n) is 5.47. The lowest BCUT2D eigenvalue weighted by Gasteiger charge is -2.12. The van der Waals surface area contributed by atoms with Crippen LogP contribution in [0.3, 0.4) is 0 Å². The summed E-state index contributed by atoms with van der Waals surface area (Å²) in [4.78, 5) is 16.3. The SMILES string of the molecule is Cc1nn(C(F)F)c(C)c1COC(=O)c1cccnc1OC(C)C. The molecule has 8 heteroatoms. The fraction of sp³-hybridized carbons (Fsp3) is 0.438. The van der Waals surface area contributed by atoms with Gasteiger partial charge in [-0.1, -0.05) is 0 Å². The van der Waals surface area contributed by atoms with Crippen molar-refractivity contribution in [2.24, 2.45) is 0 Å². The third kappa shape index (κ3) is 3.87. The maximum atomic E-state index is 12.8. The van der Waals surface area contributed by atoms with Gasteiger partial charge < -0.3 is 9.47 Å². The molecule has 0 N–H and O–H groups in total. The average Bonchev–Trinajstić information content (AvgIpc) is 2.80. The number of nitrogens with zero attached hydrogens (tertiary/aromatic N) is 3. The van der Waals surface area contributed by atoms with Crippen molar-refractivity contribution >= 4 is 5.97 Å². The molecule has 2 rings (SSSR count). The molecule has 2 heterocycles. The number of carbonyl (C=O) groups is 1. The lowest BCUT2D eigenvalue weighted by molar-refractivity contribution is 0.0459. The fourth-order valence-corrected chi connectivity index (χ4v) is 2.17. The van der Waals surface area contributed by atoms with E-state index in [1.165, 1.54) is 19.2 Å². The molecule has 0 radical (unpaired) electrons. The van der Waals surface area contributed by atoms with Gasteiger partial charge in [0.2, 0.25) is 5.88 Å². The molecule has 2 aromatic heterocycles. The van der Waals surface area contributed by atoms with Crippen molar-refractivity contribution in [3.8, 4) is 5.88 Å². The Labute approximate surface area is 138 Å². The first-order valence-corrected chi connectivity index (χ1v) is 7.42. The number of pyridine rings is 1. The standard InChI is InChI=1S/C16H19F2N3O3/c1-9(2)24-14-12(6-5-7-19-14)15(22)23-8-13-10(3)20-21(11(13)4)16(17)18/h5-7,9,16H,8H2,1-4H3. The molecule has 0 spiro atoms. The zero-order valence-electron chi connectivity index (χ0n) is 13.9. The van der Waals surface area contributed by atoms with Gasteiger partial charge in [-0.25, -0.2) is 14.5 Å². The summed E-state index contributed by atoms with van der Waals surface area (Å²) in [6, 6.07) is 3.13. The predicted molar refractivity (Wildman–Crippen MR) is 82.1 cm³/mol. The largest absolute Gasteiger partial charge is 0.474 e. The molecule has 0 bridgehead atoms. The van der Waals surface area contributed by atoms with Crippen molar-refractivity contribution in [2.75, 3.05) is 0 Å². The Hall–Kier alpha value is -2.51. The van der Waals surface area contributed by atoms with Crippen LogP contribution in [0.1, 0.15) is 47.7 Å². The van der Waals surface area contributed by atoms with E-state index in [4.69, 9.17) is 9.47 Å². The number of aryl methyl sites for hydroxylation is 1. The molecule has 2 aromatic rings. The van der Waals surface area contributed by atoms with Gasteiger partial charge in [-0.3, -0.25) is 0 Å². The summed E-state index contributed by atoms with van der Waals surface area (Å²) in [5.41, 5.74) is 1.30. The lowest BCUT2D eigenvalue weighted by Crippen LogP contribution is -2.13. The van der Waals surface area contributed by atoms with Gasteiger partial charge in [0.15, 0.2) is 0 Å². The van der Waals surface area contributed by atoms with E-state index in [9.17, 15) is 13.6 Å². The third-order valence-electron chi connectivity index (χ3n) is 3.35. The Kier molecular flexibility index (Phi) is 5.48. The van der Waals surface area contributed by atoms with Crippen LogP contribution in [0.4, 0.5) is 8.78 Å². The van der Waals surface area contributed by atoms with Crippen LogP contribution in [0, 0.1) is 13.8 Å². The van der Waals surface area contributed by atoms with Gasteiger partial charge in [-0.05, 0) is 39.8 Å². The van der Waals surface area contributed by atoms with E-state index in [0.717, 1.165) is 0 Å². The molecule has 0 unspecified atom stereocenters. The van der Waals surface area contributed by atoms with Gasteiger partial charge in [0.25, 0.3) is 0 Å². The molecule has 0 aliphatic carbocycles. The Bertz CT molecular complexity index is 729. The van der Waals surface area contributed by atoms with Gasteiger partial charge in [-0.2, -0.15) is 13.9 Å². The molecule has 0 saturated heterocycles. The number of ether oxygens (including phenoxy) is 2. The lowest BCUT2D eigenvalue weighted by atomic mass is 10.2. The van der Waals surface area contributed by atoms with Crippen molar-refractivity contribution in [3.05, 3.63) is 40.8 Å². The number of rotatable bonds is 6. The summed E-state index contributed by atoms with van der Waals surface area (Å²) >= 11 is 0. The molecule has 24 heavy (non-hydrogen) atoms. The monoisotopic (exact) mass is 339 g/mol. The smallest absolute Gasteiger partial charge is 0.343 e. The molecule has 0 atom stereocenters. The van der Waals surface area contributed by atoms with Gasteiger partial charge in [0, 0.05) is 17.5 Å². The highest BCUT2D eigenvalue weighted by atomic mass is 19.3. The summed E-state index contributed by atoms with van der Waals surface area (Å²) < 4.78 is 37.0. The third-order valence-corrected chi connectivity index (χ3v) is 3.35. The van der Waals surface area contributed by atoms with Crippen LogP contribution < -0.4 is 4.74 Å². The van der Waals surface area contributed by atoms with Crippen LogP contribution in [0.2, 0.25) is 0 Å². The van der Waals surface area contributed by atoms with E-state index in [-0.39, 0.29) is 29.8 Å². The van der Waals surface area contributed by atoms with Crippen LogP contribution in [-0.2, 0) is 11.3 Å². The highest BCUT2D eigenvalue weighted by Gasteiger charge is 2.20. The van der Waals surface area contributed by atoms with Crippen molar-refractivity contribution in [3.63, 3.8) is 0 Å². The number of hydrogen-bond donors (Lipinski definition) is 0. The minimum Gasteiger partial charge on any atom is -0.474 e. The van der Waals surface area contributed by atoms with E-state index in [2.05, 4.69) is 10.1 Å². The molecule has 0 saturated carbocycles. The van der Waals surface area contributed by atoms with Gasteiger partial charge >= 0.3 is 12.5 Å². The molecular formula is C16H19F2N3O3. The van der Waals surface area contributed by atoms with Crippen molar-refractivity contribution < 1.29 is 23.0 Å². The van der Waals surface area contributed by atoms with Crippen LogP contribution in [0.25, 0.3) is 0 Å². The molecule has 0 amide bonds. The fourth-order valence-electron chi connectivity index (χ4n) is 2.17. The van der Waals surface area contributed by atoms with E-state index < -0.39 is 12.5 Å². The molecule has 0 aliphatic rings. The second-order valence-corrected chi connectivity index (χ2v) is 5.47. The summed E-state index contributed by atoms with van der Waals surface area (Å²) in [5.74, 6) is -0.462. The van der Waals surface area contributed by atoms with E-state index in [1.54, 1.807) is 13.0 Å². The Morgan fingerprint density at radius 3 is 2.62 bits per heavy atom. The molecule has 130 valence electrons. The number of carbonyl (C=O) groups excluding carboxylic acids is 1. The number of halogens is 2. The topological polar surface area (TPSA) is 66.2 Å². The number of alkyl halides is 2. The van der Waals surface area contributed by atoms with Crippen molar-refractivity contribution in [2.45, 2.75) is 47.0 Å². The van der Waals surface area contributed by atoms with Crippen molar-refractivity contribution in [1.82, 2.24) is 14.8 Å². The first kappa shape index (κ1) is 17.8. The van der Waals surface area contributed by atoms with Gasteiger partial charge in [0.1, 0.15) is 12.2 Å². The molecule has 0 fully saturated rings. The quantitative estimate of drug-likeness (QED) is 0.754. The maximum Gasteiger partial charge on any atom is 0.343 e. The van der Waals surface area contributed by atoms with E-state index >= 15 is 0 Å². The first-order chi connectivity index (χ1) is 11.3. The normalized spacial score (nSPS) is 11.2. The van der Waals surface area contributed by atoms with Crippen molar-refractivity contribution in [1.29, 1.82) is 0 Å². The van der Waals surface area contributed by atoms with E-state index in [0.29, 0.717) is 15.9 Å². The predicted octanol–water partition coefficient (Wildman–Crippen LogP) is 3.43. The zero-order chi connectivity index (χ0) is 17.9. The Morgan fingerprint density at radius 2 is 2.04 bits per heavy atom. The van der Waals surface area contributed by atoms with Crippen LogP contribution in [0.15, 0.2) is 18.3 Å². The summed E-state index contributed by atoms with van der Waals surface area (Å²) in [7, 11) is 0. The average molecular weight is 339 g/mol. The number of hydrogen-bond acceptors (Lipinski definition) is 5. The van der Waals surface area contributed by atoms with Crippen LogP contribution in [0.5, 0.6) is 5.88 Å². The minimum atomic E-state index is -2.74. The number of aromatic nitrogens is 3. The second kappa shape index (κ2) is 7.37. The maximum absolute atomic E-state index is 12.8. The summed E-state index contributed by atoms with van der Waals surface area (Å²) in [5, 5.41) is 3.76. The Balaban J connectivity index is 2.15. The zero-order valence-corrected chi connectivity index (χ0v) is 13.9. The molecule has 0 aliphatic heterocycles. The minimum absolute atomic E-state index is 0.153. The van der Waals surface area contributed by atoms with Crippen LogP contribution in [-0.4, -0.2) is 26.8 Å². The molecular weight excluding hydrogens is 320 g/mol. The molecule has 0 aromatic carbocycles. The highest BCUT2D eigenvalue weighted by molar-refractivity contribution is 5.91. The summed E-state index contributed by atoms with van der Waals surface area (Å²) in [6.07, 6.45) is 1.36.